The number of nitrogens with one attached hydrogen (secondary N) is 2. The summed E-state index contributed by atoms with van der Waals surface area (Å²) in [6.07, 6.45) is 5.98. The highest BCUT2D eigenvalue weighted by Gasteiger charge is 2.24. The Kier molecular flexibility index (Phi) is 7.35. The summed E-state index contributed by atoms with van der Waals surface area (Å²) in [5, 5.41) is 14.4. The number of hydrogen-bond donors (Lipinski definition) is 2. The SMILES string of the molecule is CC(C)Cn1c(SCC(=O)NC(=O)NC2CCCCC2C)nnc1-c1ccco1. The molecule has 1 saturated carbocycles. The molecule has 29 heavy (non-hydrogen) atoms. The van der Waals surface area contributed by atoms with Crippen LogP contribution in [0.1, 0.15) is 46.5 Å². The molecule has 0 spiro atoms. The molecule has 0 saturated heterocycles. The van der Waals surface area contributed by atoms with Gasteiger partial charge in [-0.25, -0.2) is 4.79 Å². The number of imide groups is 1. The summed E-state index contributed by atoms with van der Waals surface area (Å²) < 4.78 is 7.40. The maximum atomic E-state index is 12.3. The molecule has 9 heteroatoms. The number of hydrogen-bond acceptors (Lipinski definition) is 6. The number of aromatic nitrogens is 3. The van der Waals surface area contributed by atoms with Crippen molar-refractivity contribution >= 4 is 23.7 Å². The first-order valence-corrected chi connectivity index (χ1v) is 11.1. The van der Waals surface area contributed by atoms with E-state index in [1.54, 1.807) is 12.3 Å². The molecule has 0 bridgehead atoms. The number of urea groups is 1. The van der Waals surface area contributed by atoms with Crippen LogP contribution in [0, 0.1) is 11.8 Å². The van der Waals surface area contributed by atoms with Gasteiger partial charge < -0.3 is 9.73 Å². The van der Waals surface area contributed by atoms with Gasteiger partial charge in [0.2, 0.25) is 5.91 Å². The molecular formula is C20H29N5O3S. The fraction of sp³-hybridized carbons (Fsp3) is 0.600. The maximum Gasteiger partial charge on any atom is 0.321 e. The largest absolute Gasteiger partial charge is 0.461 e. The highest BCUT2D eigenvalue weighted by atomic mass is 32.2. The lowest BCUT2D eigenvalue weighted by Gasteiger charge is -2.29. The smallest absolute Gasteiger partial charge is 0.321 e. The van der Waals surface area contributed by atoms with E-state index in [-0.39, 0.29) is 17.7 Å². The molecule has 0 radical (unpaired) electrons. The fourth-order valence-electron chi connectivity index (χ4n) is 3.54. The van der Waals surface area contributed by atoms with Gasteiger partial charge in [-0.05, 0) is 36.8 Å². The minimum absolute atomic E-state index is 0.0853. The van der Waals surface area contributed by atoms with Crippen molar-refractivity contribution in [3.63, 3.8) is 0 Å². The molecule has 1 aliphatic carbocycles. The van der Waals surface area contributed by atoms with Crippen molar-refractivity contribution in [1.29, 1.82) is 0 Å². The van der Waals surface area contributed by atoms with Crippen LogP contribution in [-0.2, 0) is 11.3 Å². The van der Waals surface area contributed by atoms with E-state index in [9.17, 15) is 9.59 Å². The molecule has 2 aromatic heterocycles. The summed E-state index contributed by atoms with van der Waals surface area (Å²) >= 11 is 1.26. The van der Waals surface area contributed by atoms with Gasteiger partial charge >= 0.3 is 6.03 Å². The van der Waals surface area contributed by atoms with Crippen molar-refractivity contribution in [2.45, 2.75) is 64.2 Å². The van der Waals surface area contributed by atoms with Crippen LogP contribution in [-0.4, -0.2) is 38.5 Å². The molecule has 8 nitrogen and oxygen atoms in total. The lowest BCUT2D eigenvalue weighted by Crippen LogP contribution is -2.48. The van der Waals surface area contributed by atoms with E-state index >= 15 is 0 Å². The van der Waals surface area contributed by atoms with Gasteiger partial charge in [0.05, 0.1) is 12.0 Å². The third-order valence-electron chi connectivity index (χ3n) is 5.02. The first kappa shape index (κ1) is 21.4. The summed E-state index contributed by atoms with van der Waals surface area (Å²) in [4.78, 5) is 24.4. The van der Waals surface area contributed by atoms with Gasteiger partial charge in [-0.2, -0.15) is 0 Å². The Balaban J connectivity index is 1.56. The van der Waals surface area contributed by atoms with Crippen LogP contribution in [0.15, 0.2) is 28.0 Å². The summed E-state index contributed by atoms with van der Waals surface area (Å²) in [6.45, 7) is 7.04. The third-order valence-corrected chi connectivity index (χ3v) is 5.99. The molecule has 2 unspecified atom stereocenters. The first-order valence-electron chi connectivity index (χ1n) is 10.1. The van der Waals surface area contributed by atoms with Crippen molar-refractivity contribution < 1.29 is 14.0 Å². The van der Waals surface area contributed by atoms with E-state index in [0.717, 1.165) is 19.3 Å². The van der Waals surface area contributed by atoms with Gasteiger partial charge in [-0.3, -0.25) is 14.7 Å². The lowest BCUT2D eigenvalue weighted by atomic mass is 9.86. The lowest BCUT2D eigenvalue weighted by molar-refractivity contribution is -0.117. The van der Waals surface area contributed by atoms with Gasteiger partial charge in [-0.1, -0.05) is 45.4 Å². The summed E-state index contributed by atoms with van der Waals surface area (Å²) in [7, 11) is 0. The zero-order valence-electron chi connectivity index (χ0n) is 17.2. The Morgan fingerprint density at radius 2 is 2.10 bits per heavy atom. The number of furan rings is 1. The van der Waals surface area contributed by atoms with E-state index in [1.807, 2.05) is 10.6 Å². The monoisotopic (exact) mass is 419 g/mol. The Morgan fingerprint density at radius 1 is 1.31 bits per heavy atom. The van der Waals surface area contributed by atoms with Crippen molar-refractivity contribution in [3.05, 3.63) is 18.4 Å². The number of amides is 3. The van der Waals surface area contributed by atoms with Gasteiger partial charge in [0, 0.05) is 12.6 Å². The second-order valence-electron chi connectivity index (χ2n) is 7.97. The Morgan fingerprint density at radius 3 is 2.79 bits per heavy atom. The molecule has 0 aliphatic heterocycles. The van der Waals surface area contributed by atoms with Crippen molar-refractivity contribution in [1.82, 2.24) is 25.4 Å². The van der Waals surface area contributed by atoms with E-state index in [4.69, 9.17) is 4.42 Å². The molecule has 1 aliphatic rings. The van der Waals surface area contributed by atoms with Gasteiger partial charge in [0.1, 0.15) is 0 Å². The normalized spacial score (nSPS) is 19.3. The molecule has 2 atom stereocenters. The Bertz CT molecular complexity index is 818. The third kappa shape index (κ3) is 5.85. The number of thioether (sulfide) groups is 1. The zero-order chi connectivity index (χ0) is 20.8. The Labute approximate surface area is 175 Å². The second kappa shape index (κ2) is 9.96. The number of nitrogens with zero attached hydrogens (tertiary/aromatic N) is 3. The zero-order valence-corrected chi connectivity index (χ0v) is 18.0. The minimum atomic E-state index is -0.422. The van der Waals surface area contributed by atoms with E-state index in [2.05, 4.69) is 41.6 Å². The van der Waals surface area contributed by atoms with Crippen LogP contribution < -0.4 is 10.6 Å². The van der Waals surface area contributed by atoms with Crippen molar-refractivity contribution in [2.75, 3.05) is 5.75 Å². The molecule has 3 rings (SSSR count). The number of carbonyl (C=O) groups is 2. The highest BCUT2D eigenvalue weighted by molar-refractivity contribution is 7.99. The fourth-order valence-corrected chi connectivity index (χ4v) is 4.29. The van der Waals surface area contributed by atoms with Crippen LogP contribution >= 0.6 is 11.8 Å². The Hall–Kier alpha value is -2.29. The van der Waals surface area contributed by atoms with Crippen LogP contribution in [0.2, 0.25) is 0 Å². The molecular weight excluding hydrogens is 390 g/mol. The van der Waals surface area contributed by atoms with Crippen LogP contribution in [0.3, 0.4) is 0 Å². The molecule has 0 aromatic carbocycles. The van der Waals surface area contributed by atoms with Gasteiger partial charge in [0.25, 0.3) is 0 Å². The second-order valence-corrected chi connectivity index (χ2v) is 8.91. The van der Waals surface area contributed by atoms with Gasteiger partial charge in [0.15, 0.2) is 16.7 Å². The van der Waals surface area contributed by atoms with Crippen LogP contribution in [0.25, 0.3) is 11.6 Å². The molecule has 3 amide bonds. The average Bonchev–Trinajstić information content (AvgIpc) is 3.31. The predicted molar refractivity (Wildman–Crippen MR) is 111 cm³/mol. The highest BCUT2D eigenvalue weighted by Crippen LogP contribution is 2.26. The van der Waals surface area contributed by atoms with Crippen molar-refractivity contribution in [2.24, 2.45) is 11.8 Å². The van der Waals surface area contributed by atoms with E-state index in [1.165, 1.54) is 18.2 Å². The van der Waals surface area contributed by atoms with Gasteiger partial charge in [-0.15, -0.1) is 10.2 Å². The number of carbonyl (C=O) groups excluding carboxylic acids is 2. The standard InChI is InChI=1S/C20H29N5O3S/c1-13(2)11-25-18(16-9-6-10-28-16)23-24-20(25)29-12-17(26)22-19(27)21-15-8-5-4-7-14(15)3/h6,9-10,13-15H,4-5,7-8,11-12H2,1-3H3,(H2,21,22,26,27). The molecule has 2 heterocycles. The van der Waals surface area contributed by atoms with E-state index < -0.39 is 6.03 Å². The minimum Gasteiger partial charge on any atom is -0.461 e. The van der Waals surface area contributed by atoms with Crippen molar-refractivity contribution in [3.8, 4) is 11.6 Å². The molecule has 158 valence electrons. The molecule has 1 fully saturated rings. The maximum absolute atomic E-state index is 12.3. The van der Waals surface area contributed by atoms with E-state index in [0.29, 0.717) is 35.1 Å². The molecule has 2 aromatic rings. The van der Waals surface area contributed by atoms with Crippen LogP contribution in [0.5, 0.6) is 0 Å². The predicted octanol–water partition coefficient (Wildman–Crippen LogP) is 3.69. The summed E-state index contributed by atoms with van der Waals surface area (Å²) in [5.74, 6) is 1.81. The first-order chi connectivity index (χ1) is 13.9. The average molecular weight is 420 g/mol. The summed E-state index contributed by atoms with van der Waals surface area (Å²) in [6, 6.07) is 3.34. The summed E-state index contributed by atoms with van der Waals surface area (Å²) in [5.41, 5.74) is 0. The molecule has 2 N–H and O–H groups in total. The quantitative estimate of drug-likeness (QED) is 0.664. The number of rotatable bonds is 7. The van der Waals surface area contributed by atoms with Crippen LogP contribution in [0.4, 0.5) is 4.79 Å². The topological polar surface area (TPSA) is 102 Å².